The van der Waals surface area contributed by atoms with Gasteiger partial charge in [0, 0.05) is 5.56 Å². The van der Waals surface area contributed by atoms with Crippen molar-refractivity contribution in [3.8, 4) is 17.2 Å². The second-order valence-corrected chi connectivity index (χ2v) is 6.08. The van der Waals surface area contributed by atoms with Gasteiger partial charge in [0.15, 0.2) is 6.10 Å². The second kappa shape index (κ2) is 6.92. The highest BCUT2D eigenvalue weighted by Crippen LogP contribution is 2.28. The van der Waals surface area contributed by atoms with E-state index in [0.29, 0.717) is 5.89 Å². The molecule has 0 aliphatic rings. The van der Waals surface area contributed by atoms with E-state index in [1.165, 1.54) is 6.07 Å². The zero-order valence-corrected chi connectivity index (χ0v) is 14.5. The van der Waals surface area contributed by atoms with Crippen LogP contribution in [0.4, 0.5) is 0 Å². The molecule has 0 fully saturated rings. The number of aromatic hydroxyl groups is 1. The van der Waals surface area contributed by atoms with E-state index in [2.05, 4.69) is 10.2 Å². The van der Waals surface area contributed by atoms with Crippen molar-refractivity contribution in [2.45, 2.75) is 13.0 Å². The van der Waals surface area contributed by atoms with Gasteiger partial charge in [-0.25, -0.2) is 4.79 Å². The number of ether oxygens (including phenoxy) is 1. The number of fused-ring (bicyclic) bond motifs is 1. The van der Waals surface area contributed by atoms with Crippen LogP contribution in [0.1, 0.15) is 29.3 Å². The summed E-state index contributed by atoms with van der Waals surface area (Å²) in [5, 5.41) is 19.8. The SMILES string of the molecule is CC(OC(=O)c1cc2ccccc2cc1O)c1nnc(-c2ccccc2)o1. The average molecular weight is 360 g/mol. The molecule has 0 amide bonds. The molecule has 134 valence electrons. The molecule has 0 radical (unpaired) electrons. The number of carbonyl (C=O) groups excluding carboxylic acids is 1. The maximum absolute atomic E-state index is 12.5. The molecule has 3 aromatic carbocycles. The third-order valence-electron chi connectivity index (χ3n) is 4.18. The molecule has 0 aliphatic heterocycles. The van der Waals surface area contributed by atoms with Crippen LogP contribution in [0.5, 0.6) is 5.75 Å². The lowest BCUT2D eigenvalue weighted by atomic mass is 10.1. The van der Waals surface area contributed by atoms with Crippen LogP contribution in [0.25, 0.3) is 22.2 Å². The van der Waals surface area contributed by atoms with E-state index in [9.17, 15) is 9.90 Å². The summed E-state index contributed by atoms with van der Waals surface area (Å²) in [6.07, 6.45) is -0.756. The van der Waals surface area contributed by atoms with Gasteiger partial charge in [-0.1, -0.05) is 42.5 Å². The summed E-state index contributed by atoms with van der Waals surface area (Å²) in [5.74, 6) is -0.267. The van der Waals surface area contributed by atoms with Gasteiger partial charge in [-0.15, -0.1) is 10.2 Å². The summed E-state index contributed by atoms with van der Waals surface area (Å²) in [4.78, 5) is 12.5. The summed E-state index contributed by atoms with van der Waals surface area (Å²) in [5.41, 5.74) is 0.866. The topological polar surface area (TPSA) is 85.5 Å². The Balaban J connectivity index is 1.55. The van der Waals surface area contributed by atoms with Gasteiger partial charge in [0.1, 0.15) is 11.3 Å². The highest BCUT2D eigenvalue weighted by Gasteiger charge is 2.22. The van der Waals surface area contributed by atoms with E-state index in [4.69, 9.17) is 9.15 Å². The van der Waals surface area contributed by atoms with Crippen LogP contribution in [0.2, 0.25) is 0 Å². The van der Waals surface area contributed by atoms with Crippen molar-refractivity contribution < 1.29 is 19.1 Å². The molecule has 6 heteroatoms. The van der Waals surface area contributed by atoms with Gasteiger partial charge >= 0.3 is 5.97 Å². The Hall–Kier alpha value is -3.67. The molecule has 0 saturated heterocycles. The fourth-order valence-corrected chi connectivity index (χ4v) is 2.76. The standard InChI is InChI=1S/C21H16N2O4/c1-13(19-22-23-20(27-19)14-7-3-2-4-8-14)26-21(25)17-11-15-9-5-6-10-16(15)12-18(17)24/h2-13,24H,1H3. The van der Waals surface area contributed by atoms with Crippen molar-refractivity contribution in [3.63, 3.8) is 0 Å². The van der Waals surface area contributed by atoms with Gasteiger partial charge in [0.05, 0.1) is 0 Å². The number of nitrogens with zero attached hydrogens (tertiary/aromatic N) is 2. The van der Waals surface area contributed by atoms with Crippen LogP contribution < -0.4 is 0 Å². The first-order valence-electron chi connectivity index (χ1n) is 8.43. The van der Waals surface area contributed by atoms with Crippen LogP contribution in [-0.2, 0) is 4.74 Å². The highest BCUT2D eigenvalue weighted by atomic mass is 16.6. The first kappa shape index (κ1) is 16.8. The Labute approximate surface area is 155 Å². The van der Waals surface area contributed by atoms with Crippen molar-refractivity contribution in [3.05, 3.63) is 78.2 Å². The molecule has 1 N–H and O–H groups in total. The average Bonchev–Trinajstić information content (AvgIpc) is 3.18. The number of benzene rings is 3. The fourth-order valence-electron chi connectivity index (χ4n) is 2.76. The van der Waals surface area contributed by atoms with Crippen molar-refractivity contribution in [2.24, 2.45) is 0 Å². The molecule has 1 unspecified atom stereocenters. The monoisotopic (exact) mass is 360 g/mol. The molecule has 27 heavy (non-hydrogen) atoms. The van der Waals surface area contributed by atoms with Gasteiger partial charge in [0.2, 0.25) is 5.89 Å². The van der Waals surface area contributed by atoms with Crippen molar-refractivity contribution in [1.29, 1.82) is 0 Å². The molecule has 0 aliphatic carbocycles. The molecule has 4 aromatic rings. The van der Waals surface area contributed by atoms with Crippen LogP contribution in [0.15, 0.2) is 71.1 Å². The van der Waals surface area contributed by atoms with E-state index in [0.717, 1.165) is 16.3 Å². The van der Waals surface area contributed by atoms with Crippen LogP contribution in [0.3, 0.4) is 0 Å². The molecule has 0 spiro atoms. The normalized spacial score (nSPS) is 12.0. The molecule has 4 rings (SSSR count). The van der Waals surface area contributed by atoms with Gasteiger partial charge < -0.3 is 14.3 Å². The van der Waals surface area contributed by atoms with Gasteiger partial charge in [-0.2, -0.15) is 0 Å². The molecule has 1 heterocycles. The Bertz CT molecular complexity index is 1110. The quantitative estimate of drug-likeness (QED) is 0.539. The Kier molecular flexibility index (Phi) is 4.30. The largest absolute Gasteiger partial charge is 0.507 e. The van der Waals surface area contributed by atoms with Crippen molar-refractivity contribution in [2.75, 3.05) is 0 Å². The molecule has 0 bridgehead atoms. The number of phenols is 1. The second-order valence-electron chi connectivity index (χ2n) is 6.08. The summed E-state index contributed by atoms with van der Waals surface area (Å²) in [7, 11) is 0. The zero-order chi connectivity index (χ0) is 18.8. The van der Waals surface area contributed by atoms with Gasteiger partial charge in [-0.05, 0) is 42.0 Å². The summed E-state index contributed by atoms with van der Waals surface area (Å²) >= 11 is 0. The lowest BCUT2D eigenvalue weighted by molar-refractivity contribution is 0.0277. The smallest absolute Gasteiger partial charge is 0.342 e. The van der Waals surface area contributed by atoms with Crippen molar-refractivity contribution in [1.82, 2.24) is 10.2 Å². The third-order valence-corrected chi connectivity index (χ3v) is 4.18. The first-order valence-corrected chi connectivity index (χ1v) is 8.43. The highest BCUT2D eigenvalue weighted by molar-refractivity contribution is 5.98. The van der Waals surface area contributed by atoms with Crippen LogP contribution in [-0.4, -0.2) is 21.3 Å². The molecule has 1 atom stereocenters. The minimum absolute atomic E-state index is 0.0864. The summed E-state index contributed by atoms with van der Waals surface area (Å²) in [6, 6.07) is 19.9. The summed E-state index contributed by atoms with van der Waals surface area (Å²) in [6.45, 7) is 1.64. The molecular formula is C21H16N2O4. The van der Waals surface area contributed by atoms with Crippen LogP contribution >= 0.6 is 0 Å². The maximum atomic E-state index is 12.5. The molecule has 1 aromatic heterocycles. The fraction of sp³-hybridized carbons (Fsp3) is 0.0952. The third kappa shape index (κ3) is 3.37. The van der Waals surface area contributed by atoms with E-state index in [1.54, 1.807) is 13.0 Å². The predicted octanol–water partition coefficient (Wildman–Crippen LogP) is 4.51. The lowest BCUT2D eigenvalue weighted by Crippen LogP contribution is -2.10. The maximum Gasteiger partial charge on any atom is 0.342 e. The van der Waals surface area contributed by atoms with E-state index < -0.39 is 12.1 Å². The number of rotatable bonds is 4. The number of phenolic OH excluding ortho intramolecular Hbond substituents is 1. The molecule has 6 nitrogen and oxygen atoms in total. The Morgan fingerprint density at radius 3 is 2.41 bits per heavy atom. The predicted molar refractivity (Wildman–Crippen MR) is 99.2 cm³/mol. The number of esters is 1. The number of carbonyl (C=O) groups is 1. The van der Waals surface area contributed by atoms with Gasteiger partial charge in [0.25, 0.3) is 5.89 Å². The Morgan fingerprint density at radius 1 is 1.00 bits per heavy atom. The van der Waals surface area contributed by atoms with E-state index >= 15 is 0 Å². The summed E-state index contributed by atoms with van der Waals surface area (Å²) < 4.78 is 11.0. The minimum Gasteiger partial charge on any atom is -0.507 e. The molecule has 0 saturated carbocycles. The van der Waals surface area contributed by atoms with Gasteiger partial charge in [-0.3, -0.25) is 0 Å². The lowest BCUT2D eigenvalue weighted by Gasteiger charge is -2.11. The Morgan fingerprint density at radius 2 is 1.67 bits per heavy atom. The number of hydrogen-bond donors (Lipinski definition) is 1. The zero-order valence-electron chi connectivity index (χ0n) is 14.5. The van der Waals surface area contributed by atoms with E-state index in [-0.39, 0.29) is 17.2 Å². The minimum atomic E-state index is -0.756. The first-order chi connectivity index (χ1) is 13.1. The van der Waals surface area contributed by atoms with Crippen molar-refractivity contribution >= 4 is 16.7 Å². The molecular weight excluding hydrogens is 344 g/mol. The van der Waals surface area contributed by atoms with Crippen LogP contribution in [0, 0.1) is 0 Å². The number of hydrogen-bond acceptors (Lipinski definition) is 6. The number of aromatic nitrogens is 2. The van der Waals surface area contributed by atoms with E-state index in [1.807, 2.05) is 54.6 Å².